The Balaban J connectivity index is 1.63. The second-order valence-corrected chi connectivity index (χ2v) is 10.2. The number of rotatable bonds is 9. The third-order valence-corrected chi connectivity index (χ3v) is 6.41. The van der Waals surface area contributed by atoms with E-state index < -0.39 is 10.0 Å². The lowest BCUT2D eigenvalue weighted by atomic mass is 10.0. The summed E-state index contributed by atoms with van der Waals surface area (Å²) in [5.41, 5.74) is 4.75. The third-order valence-electron chi connectivity index (χ3n) is 5.30. The number of halogens is 1. The molecule has 0 fully saturated rings. The van der Waals surface area contributed by atoms with E-state index in [1.54, 1.807) is 24.3 Å². The largest absolute Gasteiger partial charge is 0.492 e. The highest BCUT2D eigenvalue weighted by Crippen LogP contribution is 2.29. The molecular weight excluding hydrogens is 455 g/mol. The lowest BCUT2D eigenvalue weighted by molar-refractivity contribution is 0.0947. The van der Waals surface area contributed by atoms with Gasteiger partial charge in [-0.15, -0.1) is 0 Å². The van der Waals surface area contributed by atoms with Gasteiger partial charge in [0.25, 0.3) is 5.91 Å². The summed E-state index contributed by atoms with van der Waals surface area (Å²) < 4.78 is 45.0. The van der Waals surface area contributed by atoms with Gasteiger partial charge in [0.2, 0.25) is 10.0 Å². The third kappa shape index (κ3) is 6.57. The van der Waals surface area contributed by atoms with Gasteiger partial charge in [-0.2, -0.15) is 0 Å². The average molecular weight is 485 g/mol. The lowest BCUT2D eigenvalue weighted by Crippen LogP contribution is -2.31. The number of nitrogens with one attached hydrogen (secondary N) is 1. The van der Waals surface area contributed by atoms with Gasteiger partial charge in [0.1, 0.15) is 18.2 Å². The summed E-state index contributed by atoms with van der Waals surface area (Å²) in [6.45, 7) is 6.48. The minimum absolute atomic E-state index is 0.164. The topological polar surface area (TPSA) is 75.7 Å². The summed E-state index contributed by atoms with van der Waals surface area (Å²) in [4.78, 5) is 12.4. The molecule has 3 aromatic carbocycles. The van der Waals surface area contributed by atoms with Crippen LogP contribution in [-0.4, -0.2) is 33.7 Å². The maximum atomic E-state index is 12.9. The summed E-state index contributed by atoms with van der Waals surface area (Å²) in [6, 6.07) is 16.4. The molecule has 0 aliphatic carbocycles. The van der Waals surface area contributed by atoms with E-state index in [2.05, 4.69) is 5.32 Å². The van der Waals surface area contributed by atoms with Gasteiger partial charge in [-0.1, -0.05) is 29.8 Å². The van der Waals surface area contributed by atoms with Gasteiger partial charge in [0.05, 0.1) is 25.0 Å². The van der Waals surface area contributed by atoms with E-state index in [9.17, 15) is 17.6 Å². The highest BCUT2D eigenvalue weighted by Gasteiger charge is 2.22. The van der Waals surface area contributed by atoms with E-state index >= 15 is 0 Å². The number of ether oxygens (including phenoxy) is 1. The molecule has 6 nitrogen and oxygen atoms in total. The smallest absolute Gasteiger partial charge is 0.251 e. The molecule has 0 aromatic heterocycles. The molecule has 8 heteroatoms. The zero-order chi connectivity index (χ0) is 24.9. The number of aryl methyl sites for hydroxylation is 3. The maximum absolute atomic E-state index is 12.9. The van der Waals surface area contributed by atoms with Gasteiger partial charge in [-0.25, -0.2) is 12.8 Å². The normalized spacial score (nSPS) is 11.2. The fourth-order valence-electron chi connectivity index (χ4n) is 3.82. The Kier molecular flexibility index (Phi) is 7.94. The Morgan fingerprint density at radius 3 is 2.12 bits per heavy atom. The molecule has 3 rings (SSSR count). The van der Waals surface area contributed by atoms with Crippen molar-refractivity contribution in [3.8, 4) is 5.75 Å². The van der Waals surface area contributed by atoms with Crippen LogP contribution in [-0.2, 0) is 16.6 Å². The fourth-order valence-corrected chi connectivity index (χ4v) is 4.82. The van der Waals surface area contributed by atoms with Crippen LogP contribution in [0.1, 0.15) is 32.6 Å². The molecule has 180 valence electrons. The Hall–Kier alpha value is -3.39. The molecule has 1 N–H and O–H groups in total. The van der Waals surface area contributed by atoms with Crippen LogP contribution in [0.4, 0.5) is 10.1 Å². The molecule has 0 aliphatic rings. The van der Waals surface area contributed by atoms with Crippen LogP contribution in [0.3, 0.4) is 0 Å². The van der Waals surface area contributed by atoms with Gasteiger partial charge in [0.15, 0.2) is 0 Å². The van der Waals surface area contributed by atoms with Crippen molar-refractivity contribution in [3.63, 3.8) is 0 Å². The van der Waals surface area contributed by atoms with Crippen LogP contribution >= 0.6 is 0 Å². The zero-order valence-electron chi connectivity index (χ0n) is 19.8. The van der Waals surface area contributed by atoms with Gasteiger partial charge in [-0.05, 0) is 73.9 Å². The minimum atomic E-state index is -3.52. The molecule has 3 aromatic rings. The number of hydrogen-bond acceptors (Lipinski definition) is 4. The quantitative estimate of drug-likeness (QED) is 0.453. The van der Waals surface area contributed by atoms with E-state index in [-0.39, 0.29) is 31.4 Å². The first-order valence-electron chi connectivity index (χ1n) is 10.9. The fraction of sp³-hybridized carbons (Fsp3) is 0.269. The molecule has 0 unspecified atom stereocenters. The van der Waals surface area contributed by atoms with E-state index in [1.807, 2.05) is 32.9 Å². The number of nitrogens with zero attached hydrogens (tertiary/aromatic N) is 1. The van der Waals surface area contributed by atoms with Crippen molar-refractivity contribution in [3.05, 3.63) is 94.3 Å². The molecule has 0 saturated heterocycles. The van der Waals surface area contributed by atoms with Crippen molar-refractivity contribution < 1.29 is 22.3 Å². The summed E-state index contributed by atoms with van der Waals surface area (Å²) >= 11 is 0. The number of hydrogen-bond donors (Lipinski definition) is 1. The van der Waals surface area contributed by atoms with Crippen molar-refractivity contribution in [1.82, 2.24) is 5.32 Å². The molecule has 0 aliphatic heterocycles. The number of amides is 1. The Labute approximate surface area is 200 Å². The molecule has 0 spiro atoms. The zero-order valence-corrected chi connectivity index (χ0v) is 20.6. The summed E-state index contributed by atoms with van der Waals surface area (Å²) in [5.74, 6) is -0.0816. The average Bonchev–Trinajstić information content (AvgIpc) is 2.76. The summed E-state index contributed by atoms with van der Waals surface area (Å²) in [7, 11) is -3.52. The SMILES string of the molecule is Cc1cc(C)c(N(Cc2ccc(C(=O)NCCOc3ccc(F)cc3)cc2)S(C)(=O)=O)c(C)c1. The van der Waals surface area contributed by atoms with Gasteiger partial charge in [-0.3, -0.25) is 9.10 Å². The number of carbonyl (C=O) groups excluding carboxylic acids is 1. The second-order valence-electron chi connectivity index (χ2n) is 8.27. The highest BCUT2D eigenvalue weighted by atomic mass is 32.2. The molecule has 0 atom stereocenters. The van der Waals surface area contributed by atoms with E-state index in [4.69, 9.17) is 4.74 Å². The van der Waals surface area contributed by atoms with Crippen LogP contribution in [0.2, 0.25) is 0 Å². The molecule has 0 saturated carbocycles. The van der Waals surface area contributed by atoms with Crippen molar-refractivity contribution in [2.45, 2.75) is 27.3 Å². The molecular formula is C26H29FN2O4S. The second kappa shape index (κ2) is 10.7. The van der Waals surface area contributed by atoms with Crippen molar-refractivity contribution >= 4 is 21.6 Å². The molecule has 0 heterocycles. The van der Waals surface area contributed by atoms with Crippen molar-refractivity contribution in [1.29, 1.82) is 0 Å². The number of benzene rings is 3. The van der Waals surface area contributed by atoms with Gasteiger partial charge >= 0.3 is 0 Å². The first kappa shape index (κ1) is 25.2. The van der Waals surface area contributed by atoms with Crippen LogP contribution in [0.25, 0.3) is 0 Å². The van der Waals surface area contributed by atoms with Crippen LogP contribution < -0.4 is 14.4 Å². The van der Waals surface area contributed by atoms with Gasteiger partial charge < -0.3 is 10.1 Å². The predicted octanol–water partition coefficient (Wildman–Crippen LogP) is 4.53. The van der Waals surface area contributed by atoms with E-state index in [1.165, 1.54) is 34.8 Å². The molecule has 0 radical (unpaired) electrons. The Bertz CT molecular complexity index is 1230. The molecule has 0 bridgehead atoms. The maximum Gasteiger partial charge on any atom is 0.251 e. The Morgan fingerprint density at radius 1 is 0.971 bits per heavy atom. The Morgan fingerprint density at radius 2 is 1.56 bits per heavy atom. The highest BCUT2D eigenvalue weighted by molar-refractivity contribution is 7.92. The summed E-state index contributed by atoms with van der Waals surface area (Å²) in [5, 5.41) is 2.77. The summed E-state index contributed by atoms with van der Waals surface area (Å²) in [6.07, 6.45) is 1.20. The first-order valence-corrected chi connectivity index (χ1v) is 12.7. The molecule has 34 heavy (non-hydrogen) atoms. The van der Waals surface area contributed by atoms with E-state index in [0.717, 1.165) is 22.3 Å². The van der Waals surface area contributed by atoms with Crippen molar-refractivity contribution in [2.24, 2.45) is 0 Å². The predicted molar refractivity (Wildman–Crippen MR) is 132 cm³/mol. The number of sulfonamides is 1. The molecule has 1 amide bonds. The van der Waals surface area contributed by atoms with Gasteiger partial charge in [0, 0.05) is 5.56 Å². The van der Waals surface area contributed by atoms with Crippen molar-refractivity contribution in [2.75, 3.05) is 23.7 Å². The number of carbonyl (C=O) groups is 1. The van der Waals surface area contributed by atoms with Crippen LogP contribution in [0.15, 0.2) is 60.7 Å². The standard InChI is InChI=1S/C26H29FN2O4S/c1-18-15-19(2)25(20(3)16-18)29(34(4,31)32)17-21-5-7-22(8-6-21)26(30)28-13-14-33-24-11-9-23(27)10-12-24/h5-12,15-16H,13-14,17H2,1-4H3,(H,28,30). The lowest BCUT2D eigenvalue weighted by Gasteiger charge is -2.26. The minimum Gasteiger partial charge on any atom is -0.492 e. The van der Waals surface area contributed by atoms with E-state index in [0.29, 0.717) is 17.0 Å². The monoisotopic (exact) mass is 484 g/mol. The first-order chi connectivity index (χ1) is 16.0. The number of anilines is 1. The van der Waals surface area contributed by atoms with Crippen LogP contribution in [0.5, 0.6) is 5.75 Å². The van der Waals surface area contributed by atoms with Crippen LogP contribution in [0, 0.1) is 26.6 Å².